The van der Waals surface area contributed by atoms with Crippen LogP contribution in [-0.4, -0.2) is 19.8 Å². The molecule has 0 aliphatic rings. The molecule has 0 radical (unpaired) electrons. The van der Waals surface area contributed by atoms with E-state index in [1.54, 1.807) is 0 Å². The maximum atomic E-state index is 13.1. The smallest absolute Gasteiger partial charge is 0.383 e. The predicted molar refractivity (Wildman–Crippen MR) is 168 cm³/mol. The summed E-state index contributed by atoms with van der Waals surface area (Å²) in [5.41, 5.74) is 2.39. The molecule has 0 N–H and O–H groups in total. The van der Waals surface area contributed by atoms with Crippen molar-refractivity contribution in [2.75, 3.05) is 19.8 Å². The van der Waals surface area contributed by atoms with E-state index in [0.717, 1.165) is 38.5 Å². The minimum atomic E-state index is -0.551. The molecule has 5 nitrogen and oxygen atoms in total. The van der Waals surface area contributed by atoms with Gasteiger partial charge in [0.05, 0.1) is 18.6 Å². The molecule has 1 aromatic carbocycles. The lowest BCUT2D eigenvalue weighted by molar-refractivity contribution is 0.276. The highest BCUT2D eigenvalue weighted by atomic mass is 16.5. The molecule has 0 amide bonds. The van der Waals surface area contributed by atoms with Crippen LogP contribution >= 0.6 is 0 Å². The van der Waals surface area contributed by atoms with Crippen molar-refractivity contribution in [1.29, 1.82) is 0 Å². The first-order valence-corrected chi connectivity index (χ1v) is 15.4. The SMILES string of the molecule is CCC=CCCOc1c(OCC=C(C)CCC=C(C)C)c(=O)oc2c(OCCCCCCCCCC)cccc12. The summed E-state index contributed by atoms with van der Waals surface area (Å²) in [7, 11) is 0. The average Bonchev–Trinajstić information content (AvgIpc) is 2.93. The molecule has 40 heavy (non-hydrogen) atoms. The van der Waals surface area contributed by atoms with Gasteiger partial charge in [-0.2, -0.15) is 0 Å². The monoisotopic (exact) mass is 552 g/mol. The molecule has 1 heterocycles. The van der Waals surface area contributed by atoms with Crippen molar-refractivity contribution in [2.24, 2.45) is 0 Å². The average molecular weight is 553 g/mol. The summed E-state index contributed by atoms with van der Waals surface area (Å²) < 4.78 is 24.0. The van der Waals surface area contributed by atoms with E-state index in [0.29, 0.717) is 35.7 Å². The minimum absolute atomic E-state index is 0.112. The summed E-state index contributed by atoms with van der Waals surface area (Å²) in [6, 6.07) is 5.65. The second kappa shape index (κ2) is 20.0. The van der Waals surface area contributed by atoms with Crippen LogP contribution in [0.5, 0.6) is 17.2 Å². The quantitative estimate of drug-likeness (QED) is 0.0876. The number of benzene rings is 1. The van der Waals surface area contributed by atoms with E-state index in [1.807, 2.05) is 24.3 Å². The molecule has 0 aliphatic carbocycles. The summed E-state index contributed by atoms with van der Waals surface area (Å²) in [6.45, 7) is 11.9. The number of rotatable bonds is 21. The molecule has 2 aromatic rings. The van der Waals surface area contributed by atoms with Gasteiger partial charge in [-0.3, -0.25) is 0 Å². The predicted octanol–water partition coefficient (Wildman–Crippen LogP) is 10.1. The molecule has 0 spiro atoms. The van der Waals surface area contributed by atoms with E-state index in [-0.39, 0.29) is 12.4 Å². The van der Waals surface area contributed by atoms with Gasteiger partial charge in [0.25, 0.3) is 0 Å². The first-order valence-electron chi connectivity index (χ1n) is 15.4. The third kappa shape index (κ3) is 12.5. The Morgan fingerprint density at radius 3 is 2.27 bits per heavy atom. The van der Waals surface area contributed by atoms with Gasteiger partial charge in [0, 0.05) is 0 Å². The van der Waals surface area contributed by atoms with Crippen LogP contribution < -0.4 is 19.8 Å². The van der Waals surface area contributed by atoms with E-state index in [2.05, 4.69) is 52.8 Å². The summed E-state index contributed by atoms with van der Waals surface area (Å²) >= 11 is 0. The lowest BCUT2D eigenvalue weighted by Crippen LogP contribution is -2.11. The molecule has 0 unspecified atom stereocenters. The Balaban J connectivity index is 2.14. The van der Waals surface area contributed by atoms with E-state index in [1.165, 1.54) is 49.7 Å². The third-order valence-corrected chi connectivity index (χ3v) is 6.75. The van der Waals surface area contributed by atoms with Crippen LogP contribution in [0.3, 0.4) is 0 Å². The highest BCUT2D eigenvalue weighted by Gasteiger charge is 2.20. The molecule has 5 heteroatoms. The lowest BCUT2D eigenvalue weighted by Gasteiger charge is -2.15. The number of para-hydroxylation sites is 1. The molecule has 2 rings (SSSR count). The third-order valence-electron chi connectivity index (χ3n) is 6.75. The molecular formula is C35H52O5. The Bertz CT molecular complexity index is 1130. The van der Waals surface area contributed by atoms with Crippen molar-refractivity contribution >= 4 is 11.0 Å². The molecule has 222 valence electrons. The highest BCUT2D eigenvalue weighted by Crippen LogP contribution is 2.37. The Morgan fingerprint density at radius 2 is 1.55 bits per heavy atom. The van der Waals surface area contributed by atoms with Crippen LogP contribution in [0.25, 0.3) is 11.0 Å². The topological polar surface area (TPSA) is 57.9 Å². The first kappa shape index (κ1) is 33.3. The van der Waals surface area contributed by atoms with Gasteiger partial charge in [0.2, 0.25) is 5.75 Å². The maximum Gasteiger partial charge on any atom is 0.383 e. The summed E-state index contributed by atoms with van der Waals surface area (Å²) in [5.74, 6) is 1.10. The van der Waals surface area contributed by atoms with Crippen LogP contribution in [0.2, 0.25) is 0 Å². The molecule has 0 saturated carbocycles. The van der Waals surface area contributed by atoms with E-state index >= 15 is 0 Å². The van der Waals surface area contributed by atoms with Crippen molar-refractivity contribution in [1.82, 2.24) is 0 Å². The van der Waals surface area contributed by atoms with E-state index in [9.17, 15) is 4.79 Å². The summed E-state index contributed by atoms with van der Waals surface area (Å²) in [4.78, 5) is 13.1. The van der Waals surface area contributed by atoms with Crippen molar-refractivity contribution in [3.63, 3.8) is 0 Å². The number of unbranched alkanes of at least 4 members (excludes halogenated alkanes) is 7. The second-order valence-corrected chi connectivity index (χ2v) is 10.7. The number of hydrogen-bond acceptors (Lipinski definition) is 5. The van der Waals surface area contributed by atoms with Crippen LogP contribution in [0, 0.1) is 0 Å². The zero-order chi connectivity index (χ0) is 29.0. The molecule has 0 aliphatic heterocycles. The molecule has 0 atom stereocenters. The normalized spacial score (nSPS) is 11.8. The Morgan fingerprint density at radius 1 is 0.800 bits per heavy atom. The van der Waals surface area contributed by atoms with Gasteiger partial charge in [0.15, 0.2) is 17.1 Å². The molecule has 0 bridgehead atoms. The highest BCUT2D eigenvalue weighted by molar-refractivity contribution is 5.89. The largest absolute Gasteiger partial charge is 0.490 e. The Hall–Kier alpha value is -2.95. The molecule has 0 saturated heterocycles. The van der Waals surface area contributed by atoms with Crippen molar-refractivity contribution in [3.05, 3.63) is 64.1 Å². The van der Waals surface area contributed by atoms with Crippen LogP contribution in [0.4, 0.5) is 0 Å². The second-order valence-electron chi connectivity index (χ2n) is 10.7. The fraction of sp³-hybridized carbons (Fsp3) is 0.571. The number of fused-ring (bicyclic) bond motifs is 1. The number of hydrogen-bond donors (Lipinski definition) is 0. The van der Waals surface area contributed by atoms with E-state index in [4.69, 9.17) is 18.6 Å². The van der Waals surface area contributed by atoms with Gasteiger partial charge in [-0.25, -0.2) is 4.79 Å². The summed E-state index contributed by atoms with van der Waals surface area (Å²) in [5, 5.41) is 0.687. The van der Waals surface area contributed by atoms with Gasteiger partial charge < -0.3 is 18.6 Å². The molecule has 1 aromatic heterocycles. The van der Waals surface area contributed by atoms with Crippen LogP contribution in [0.1, 0.15) is 112 Å². The van der Waals surface area contributed by atoms with Crippen molar-refractivity contribution in [3.8, 4) is 17.2 Å². The standard InChI is InChI=1S/C35H52O5/c1-6-8-10-12-13-14-15-17-25-37-31-23-19-22-30-32(31)40-35(36)34(33(30)38-26-16-11-9-7-2)39-27-24-29(5)21-18-20-28(3)4/h9,11,19-20,22-24H,6-8,10,12-18,21,25-27H2,1-5H3. The van der Waals surface area contributed by atoms with Crippen molar-refractivity contribution < 1.29 is 18.6 Å². The van der Waals surface area contributed by atoms with Gasteiger partial charge in [0.1, 0.15) is 6.61 Å². The lowest BCUT2D eigenvalue weighted by atomic mass is 10.1. The Labute approximate surface area is 242 Å². The van der Waals surface area contributed by atoms with Gasteiger partial charge >= 0.3 is 5.63 Å². The van der Waals surface area contributed by atoms with Crippen LogP contribution in [-0.2, 0) is 0 Å². The Kier molecular flexibility index (Phi) is 16.6. The van der Waals surface area contributed by atoms with Gasteiger partial charge in [-0.15, -0.1) is 0 Å². The zero-order valence-corrected chi connectivity index (χ0v) is 25.7. The first-order chi connectivity index (χ1) is 19.5. The number of ether oxygens (including phenoxy) is 3. The fourth-order valence-electron chi connectivity index (χ4n) is 4.42. The fourth-order valence-corrected chi connectivity index (χ4v) is 4.42. The van der Waals surface area contributed by atoms with Gasteiger partial charge in [-0.05, 0) is 71.1 Å². The maximum absolute atomic E-state index is 13.1. The van der Waals surface area contributed by atoms with E-state index < -0.39 is 5.63 Å². The molecular weight excluding hydrogens is 500 g/mol. The summed E-state index contributed by atoms with van der Waals surface area (Å²) in [6.07, 6.45) is 22.0. The molecule has 0 fully saturated rings. The van der Waals surface area contributed by atoms with Gasteiger partial charge in [-0.1, -0.05) is 94.2 Å². The minimum Gasteiger partial charge on any atom is -0.490 e. The zero-order valence-electron chi connectivity index (χ0n) is 25.7. The van der Waals surface area contributed by atoms with Crippen LogP contribution in [0.15, 0.2) is 62.9 Å². The number of allylic oxidation sites excluding steroid dienone is 4. The van der Waals surface area contributed by atoms with Crippen molar-refractivity contribution in [2.45, 2.75) is 112 Å².